The van der Waals surface area contributed by atoms with Crippen molar-refractivity contribution < 1.29 is 0 Å². The number of likely N-dealkylation sites (tertiary alicyclic amines) is 1. The van der Waals surface area contributed by atoms with Gasteiger partial charge in [0, 0.05) is 42.3 Å². The molecule has 0 bridgehead atoms. The Morgan fingerprint density at radius 1 is 1.28 bits per heavy atom. The average molecular weight is 333 g/mol. The fraction of sp³-hybridized carbons (Fsp3) is 0.300. The molecule has 0 aliphatic carbocycles. The Morgan fingerprint density at radius 2 is 2.08 bits per heavy atom. The van der Waals surface area contributed by atoms with Crippen LogP contribution in [0.25, 0.3) is 0 Å². The molecule has 0 spiro atoms. The normalized spacial score (nSPS) is 17.6. The van der Waals surface area contributed by atoms with Crippen molar-refractivity contribution in [3.8, 4) is 6.07 Å². The van der Waals surface area contributed by atoms with E-state index in [-0.39, 0.29) is 0 Å². The van der Waals surface area contributed by atoms with Gasteiger partial charge >= 0.3 is 0 Å². The second-order valence-corrected chi connectivity index (χ2v) is 6.52. The van der Waals surface area contributed by atoms with Crippen LogP contribution in [0, 0.1) is 16.7 Å². The molecule has 1 unspecified atom stereocenters. The fourth-order valence-electron chi connectivity index (χ4n) is 3.29. The van der Waals surface area contributed by atoms with E-state index in [2.05, 4.69) is 16.3 Å². The Bertz CT molecular complexity index is 776. The zero-order valence-corrected chi connectivity index (χ0v) is 14.2. The van der Waals surface area contributed by atoms with Gasteiger partial charge in [-0.1, -0.05) is 12.1 Å². The number of hydrogen-bond acceptors (Lipinski definition) is 5. The molecule has 128 valence electrons. The molecule has 1 saturated heterocycles. The molecule has 0 saturated carbocycles. The maximum atomic E-state index is 8.89. The fourth-order valence-corrected chi connectivity index (χ4v) is 3.29. The summed E-state index contributed by atoms with van der Waals surface area (Å²) in [6, 6.07) is 16.1. The molecule has 4 N–H and O–H groups in total. The van der Waals surface area contributed by atoms with Gasteiger partial charge < -0.3 is 16.5 Å². The maximum absolute atomic E-state index is 8.89. The number of hydrogen-bond donors (Lipinski definition) is 3. The Hall–Kier alpha value is -2.84. The van der Waals surface area contributed by atoms with Gasteiger partial charge in [-0.05, 0) is 55.3 Å². The molecule has 0 aromatic heterocycles. The molecule has 1 heterocycles. The van der Waals surface area contributed by atoms with Crippen LogP contribution in [0.1, 0.15) is 29.5 Å². The highest BCUT2D eigenvalue weighted by Gasteiger charge is 2.20. The lowest BCUT2D eigenvalue weighted by atomic mass is 10.0. The van der Waals surface area contributed by atoms with E-state index in [0.717, 1.165) is 43.7 Å². The number of anilines is 2. The van der Waals surface area contributed by atoms with Crippen LogP contribution in [0.4, 0.5) is 11.4 Å². The van der Waals surface area contributed by atoms with Gasteiger partial charge in [0.2, 0.25) is 0 Å². The quantitative estimate of drug-likeness (QED) is 0.579. The van der Waals surface area contributed by atoms with Crippen molar-refractivity contribution in [2.75, 3.05) is 24.1 Å². The van der Waals surface area contributed by atoms with Crippen LogP contribution < -0.4 is 11.1 Å². The molecule has 3 rings (SSSR count). The maximum Gasteiger partial charge on any atom is 0.0991 e. The average Bonchev–Trinajstić information content (AvgIpc) is 2.64. The minimum absolute atomic E-state index is 0.384. The topological polar surface area (TPSA) is 88.9 Å². The largest absolute Gasteiger partial charge is 0.398 e. The third-order valence-electron chi connectivity index (χ3n) is 4.61. The first-order chi connectivity index (χ1) is 12.2. The first-order valence-electron chi connectivity index (χ1n) is 8.56. The van der Waals surface area contributed by atoms with Crippen molar-refractivity contribution in [2.45, 2.75) is 25.4 Å². The van der Waals surface area contributed by atoms with Gasteiger partial charge in [0.15, 0.2) is 0 Å². The van der Waals surface area contributed by atoms with Crippen molar-refractivity contribution in [2.24, 2.45) is 0 Å². The van der Waals surface area contributed by atoms with Crippen molar-refractivity contribution in [1.29, 1.82) is 10.7 Å². The Labute approximate surface area is 148 Å². The van der Waals surface area contributed by atoms with Crippen LogP contribution in [-0.4, -0.2) is 30.2 Å². The number of nitrogens with two attached hydrogens (primary N) is 1. The summed E-state index contributed by atoms with van der Waals surface area (Å²) >= 11 is 0. The Morgan fingerprint density at radius 3 is 2.80 bits per heavy atom. The van der Waals surface area contributed by atoms with Crippen LogP contribution in [0.3, 0.4) is 0 Å². The Balaban J connectivity index is 1.60. The van der Waals surface area contributed by atoms with Crippen LogP contribution in [0.15, 0.2) is 42.5 Å². The van der Waals surface area contributed by atoms with Gasteiger partial charge in [-0.15, -0.1) is 0 Å². The van der Waals surface area contributed by atoms with E-state index in [1.165, 1.54) is 11.8 Å². The first kappa shape index (κ1) is 17.0. The van der Waals surface area contributed by atoms with Crippen LogP contribution in [-0.2, 0) is 6.54 Å². The van der Waals surface area contributed by atoms with E-state index >= 15 is 0 Å². The number of nitrogens with zero attached hydrogens (tertiary/aromatic N) is 2. The SMILES string of the molecule is N#Cc1ccc(CN2CCCC(Nc3ccc(N)c(C=N)c3)C2)cc1. The molecule has 0 amide bonds. The number of benzene rings is 2. The summed E-state index contributed by atoms with van der Waals surface area (Å²) in [6.07, 6.45) is 3.58. The summed E-state index contributed by atoms with van der Waals surface area (Å²) in [6.45, 7) is 2.97. The lowest BCUT2D eigenvalue weighted by Gasteiger charge is -2.33. The van der Waals surface area contributed by atoms with Crippen molar-refractivity contribution in [3.05, 3.63) is 59.2 Å². The first-order valence-corrected chi connectivity index (χ1v) is 8.56. The second-order valence-electron chi connectivity index (χ2n) is 6.52. The molecule has 2 aromatic carbocycles. The molecule has 5 nitrogen and oxygen atoms in total. The molecular formula is C20H23N5. The highest BCUT2D eigenvalue weighted by molar-refractivity contribution is 5.86. The van der Waals surface area contributed by atoms with Gasteiger partial charge in [0.25, 0.3) is 0 Å². The molecule has 0 radical (unpaired) electrons. The molecule has 1 aliphatic heterocycles. The van der Waals surface area contributed by atoms with Gasteiger partial charge in [-0.3, -0.25) is 4.90 Å². The molecule has 2 aromatic rings. The van der Waals surface area contributed by atoms with Crippen molar-refractivity contribution >= 4 is 17.6 Å². The lowest BCUT2D eigenvalue weighted by Crippen LogP contribution is -2.41. The Kier molecular flexibility index (Phi) is 5.32. The molecule has 25 heavy (non-hydrogen) atoms. The van der Waals surface area contributed by atoms with Gasteiger partial charge in [0.05, 0.1) is 11.6 Å². The predicted molar refractivity (Wildman–Crippen MR) is 102 cm³/mol. The number of rotatable bonds is 5. The summed E-state index contributed by atoms with van der Waals surface area (Å²) in [5.74, 6) is 0. The highest BCUT2D eigenvalue weighted by Crippen LogP contribution is 2.21. The molecule has 1 aliphatic rings. The minimum atomic E-state index is 0.384. The standard InChI is InChI=1S/C20H23N5/c21-11-15-3-5-16(6-4-15)13-25-9-1-2-19(14-25)24-18-7-8-20(23)17(10-18)12-22/h3-8,10,12,19,22,24H,1-2,9,13-14,23H2. The zero-order chi connectivity index (χ0) is 17.6. The predicted octanol–water partition coefficient (Wildman–Crippen LogP) is 3.21. The monoisotopic (exact) mass is 333 g/mol. The van der Waals surface area contributed by atoms with E-state index in [4.69, 9.17) is 16.4 Å². The van der Waals surface area contributed by atoms with E-state index in [1.54, 1.807) is 0 Å². The zero-order valence-electron chi connectivity index (χ0n) is 14.2. The van der Waals surface area contributed by atoms with E-state index in [0.29, 0.717) is 17.3 Å². The van der Waals surface area contributed by atoms with Crippen molar-refractivity contribution in [3.63, 3.8) is 0 Å². The molecular weight excluding hydrogens is 310 g/mol. The minimum Gasteiger partial charge on any atom is -0.398 e. The van der Waals surface area contributed by atoms with E-state index in [9.17, 15) is 0 Å². The van der Waals surface area contributed by atoms with Gasteiger partial charge in [-0.2, -0.15) is 5.26 Å². The number of piperidine rings is 1. The molecule has 1 fully saturated rings. The third-order valence-corrected chi connectivity index (χ3v) is 4.61. The number of nitriles is 1. The second kappa shape index (κ2) is 7.82. The summed E-state index contributed by atoms with van der Waals surface area (Å²) in [5.41, 5.74) is 10.2. The summed E-state index contributed by atoms with van der Waals surface area (Å²) in [4.78, 5) is 2.44. The van der Waals surface area contributed by atoms with Gasteiger partial charge in [-0.25, -0.2) is 0 Å². The van der Waals surface area contributed by atoms with Gasteiger partial charge in [0.1, 0.15) is 0 Å². The summed E-state index contributed by atoms with van der Waals surface area (Å²) < 4.78 is 0. The molecule has 1 atom stereocenters. The molecule has 5 heteroatoms. The highest BCUT2D eigenvalue weighted by atomic mass is 15.2. The lowest BCUT2D eigenvalue weighted by molar-refractivity contribution is 0.208. The number of nitrogen functional groups attached to an aromatic ring is 1. The third kappa shape index (κ3) is 4.37. The van der Waals surface area contributed by atoms with Crippen LogP contribution in [0.5, 0.6) is 0 Å². The van der Waals surface area contributed by atoms with Crippen LogP contribution in [0.2, 0.25) is 0 Å². The van der Waals surface area contributed by atoms with Crippen molar-refractivity contribution in [1.82, 2.24) is 4.90 Å². The van der Waals surface area contributed by atoms with E-state index < -0.39 is 0 Å². The van der Waals surface area contributed by atoms with E-state index in [1.807, 2.05) is 42.5 Å². The smallest absolute Gasteiger partial charge is 0.0991 e. The summed E-state index contributed by atoms with van der Waals surface area (Å²) in [7, 11) is 0. The summed E-state index contributed by atoms with van der Waals surface area (Å²) in [5, 5.41) is 19.9. The number of nitrogens with one attached hydrogen (secondary N) is 2. The van der Waals surface area contributed by atoms with Crippen LogP contribution >= 0.6 is 0 Å².